The van der Waals surface area contributed by atoms with Crippen molar-refractivity contribution in [2.75, 3.05) is 45.8 Å². The second-order valence-corrected chi connectivity index (χ2v) is 7.78. The maximum Gasteiger partial charge on any atom is 0.401 e. The highest BCUT2D eigenvalue weighted by molar-refractivity contribution is 14.0. The van der Waals surface area contributed by atoms with Gasteiger partial charge in [0.1, 0.15) is 11.3 Å². The van der Waals surface area contributed by atoms with Crippen LogP contribution in [0.25, 0.3) is 11.0 Å². The van der Waals surface area contributed by atoms with Crippen LogP contribution in [0.2, 0.25) is 0 Å². The molecule has 174 valence electrons. The number of hydrogen-bond acceptors (Lipinski definition) is 3. The monoisotopic (exact) mass is 552 g/mol. The second kappa shape index (κ2) is 11.9. The van der Waals surface area contributed by atoms with E-state index in [0.29, 0.717) is 26.1 Å². The third-order valence-corrected chi connectivity index (χ3v) is 5.38. The summed E-state index contributed by atoms with van der Waals surface area (Å²) < 4.78 is 44.0. The number of alkyl halides is 3. The summed E-state index contributed by atoms with van der Waals surface area (Å²) in [5.74, 6) is 1.95. The Morgan fingerprint density at radius 2 is 2.06 bits per heavy atom. The van der Waals surface area contributed by atoms with E-state index in [1.165, 1.54) is 4.90 Å². The molecule has 5 nitrogen and oxygen atoms in total. The van der Waals surface area contributed by atoms with E-state index in [0.717, 1.165) is 48.7 Å². The van der Waals surface area contributed by atoms with E-state index >= 15 is 0 Å². The molecule has 3 rings (SSSR count). The van der Waals surface area contributed by atoms with Crippen LogP contribution in [0.15, 0.2) is 39.7 Å². The fourth-order valence-corrected chi connectivity index (χ4v) is 3.96. The first-order valence-electron chi connectivity index (χ1n) is 10.7. The van der Waals surface area contributed by atoms with Crippen LogP contribution < -0.4 is 5.32 Å². The number of nitrogens with zero attached hydrogens (tertiary/aromatic N) is 3. The number of furan rings is 1. The Balaban J connectivity index is 0.00000341. The van der Waals surface area contributed by atoms with E-state index in [1.54, 1.807) is 6.92 Å². The van der Waals surface area contributed by atoms with E-state index < -0.39 is 12.7 Å². The van der Waals surface area contributed by atoms with Gasteiger partial charge in [-0.3, -0.25) is 9.89 Å². The molecule has 1 atom stereocenters. The fourth-order valence-electron chi connectivity index (χ4n) is 3.96. The van der Waals surface area contributed by atoms with Gasteiger partial charge in [0.05, 0.1) is 6.54 Å². The lowest BCUT2D eigenvalue weighted by molar-refractivity contribution is -0.146. The maximum absolute atomic E-state index is 12.7. The quantitative estimate of drug-likeness (QED) is 0.292. The second-order valence-electron chi connectivity index (χ2n) is 7.78. The molecule has 1 saturated heterocycles. The molecule has 1 aromatic heterocycles. The van der Waals surface area contributed by atoms with Gasteiger partial charge in [-0.1, -0.05) is 25.1 Å². The molecule has 0 saturated carbocycles. The number of fused-ring (bicyclic) bond motifs is 1. The molecular weight excluding hydrogens is 520 g/mol. The molecule has 1 aromatic carbocycles. The number of hydrogen-bond donors (Lipinski definition) is 1. The number of halogens is 4. The number of benzene rings is 1. The Hall–Kier alpha value is -1.49. The number of nitrogens with one attached hydrogen (secondary N) is 1. The van der Waals surface area contributed by atoms with Crippen LogP contribution in [0.4, 0.5) is 13.2 Å². The molecule has 2 aromatic rings. The fraction of sp³-hybridized carbons (Fsp3) is 0.591. The maximum atomic E-state index is 12.7. The number of rotatable bonds is 8. The van der Waals surface area contributed by atoms with Crippen molar-refractivity contribution in [2.24, 2.45) is 10.9 Å². The molecule has 0 amide bonds. The molecule has 31 heavy (non-hydrogen) atoms. The van der Waals surface area contributed by atoms with Gasteiger partial charge in [-0.15, -0.1) is 24.0 Å². The predicted octanol–water partition coefficient (Wildman–Crippen LogP) is 4.76. The zero-order chi connectivity index (χ0) is 21.6. The first-order chi connectivity index (χ1) is 14.4. The minimum Gasteiger partial charge on any atom is -0.461 e. The van der Waals surface area contributed by atoms with Crippen molar-refractivity contribution in [3.8, 4) is 0 Å². The summed E-state index contributed by atoms with van der Waals surface area (Å²) in [4.78, 5) is 8.38. The largest absolute Gasteiger partial charge is 0.461 e. The van der Waals surface area contributed by atoms with Crippen LogP contribution in [0, 0.1) is 5.92 Å². The van der Waals surface area contributed by atoms with Gasteiger partial charge in [0.2, 0.25) is 0 Å². The van der Waals surface area contributed by atoms with Crippen LogP contribution in [-0.4, -0.2) is 67.7 Å². The van der Waals surface area contributed by atoms with Crippen molar-refractivity contribution in [2.45, 2.75) is 32.9 Å². The molecule has 1 N–H and O–H groups in total. The lowest BCUT2D eigenvalue weighted by Crippen LogP contribution is -2.42. The van der Waals surface area contributed by atoms with Crippen molar-refractivity contribution >= 4 is 40.9 Å². The highest BCUT2D eigenvalue weighted by atomic mass is 127. The molecule has 0 aliphatic carbocycles. The molecular formula is C22H32F3IN4O. The van der Waals surface area contributed by atoms with Crippen LogP contribution in [0.3, 0.4) is 0 Å². The lowest BCUT2D eigenvalue weighted by atomic mass is 10.1. The molecule has 1 fully saturated rings. The Labute approximate surface area is 199 Å². The van der Waals surface area contributed by atoms with Gasteiger partial charge in [-0.2, -0.15) is 13.2 Å². The molecule has 0 spiro atoms. The summed E-state index contributed by atoms with van der Waals surface area (Å²) in [6.45, 7) is 6.71. The topological polar surface area (TPSA) is 44.0 Å². The Kier molecular flexibility index (Phi) is 9.92. The summed E-state index contributed by atoms with van der Waals surface area (Å²) in [5, 5.41) is 4.40. The lowest BCUT2D eigenvalue weighted by Gasteiger charge is -2.26. The van der Waals surface area contributed by atoms with Crippen molar-refractivity contribution in [3.05, 3.63) is 36.1 Å². The average molecular weight is 552 g/mol. The molecule has 1 unspecified atom stereocenters. The van der Waals surface area contributed by atoms with E-state index in [1.807, 2.05) is 37.3 Å². The van der Waals surface area contributed by atoms with E-state index in [-0.39, 0.29) is 29.9 Å². The van der Waals surface area contributed by atoms with Crippen molar-refractivity contribution in [1.29, 1.82) is 0 Å². The SMILES string of the molecule is CCNC(=NCCc1cc2ccccc2o1)N1CCC(CN(CC)CC(F)(F)F)C1.I. The zero-order valence-corrected chi connectivity index (χ0v) is 20.5. The molecule has 1 aliphatic rings. The summed E-state index contributed by atoms with van der Waals surface area (Å²) in [7, 11) is 0. The molecule has 1 aliphatic heterocycles. The minimum atomic E-state index is -4.15. The highest BCUT2D eigenvalue weighted by Crippen LogP contribution is 2.22. The third-order valence-electron chi connectivity index (χ3n) is 5.38. The molecule has 9 heteroatoms. The standard InChI is InChI=1S/C22H31F3N4O.HI/c1-3-26-21(27-11-9-19-13-18-7-5-6-8-20(18)30-19)29-12-10-17(15-29)14-28(4-2)16-22(23,24)25;/h5-8,13,17H,3-4,9-12,14-16H2,1-2H3,(H,26,27);1H. The van der Waals surface area contributed by atoms with E-state index in [4.69, 9.17) is 9.41 Å². The van der Waals surface area contributed by atoms with Crippen molar-refractivity contribution in [1.82, 2.24) is 15.1 Å². The smallest absolute Gasteiger partial charge is 0.401 e. The van der Waals surface area contributed by atoms with E-state index in [2.05, 4.69) is 10.2 Å². The minimum absolute atomic E-state index is 0. The first-order valence-corrected chi connectivity index (χ1v) is 10.7. The average Bonchev–Trinajstić information content (AvgIpc) is 3.32. The van der Waals surface area contributed by atoms with Gasteiger partial charge in [-0.25, -0.2) is 0 Å². The zero-order valence-electron chi connectivity index (χ0n) is 18.1. The summed E-state index contributed by atoms with van der Waals surface area (Å²) >= 11 is 0. The van der Waals surface area contributed by atoms with E-state index in [9.17, 15) is 13.2 Å². The summed E-state index contributed by atoms with van der Waals surface area (Å²) in [6.07, 6.45) is -2.57. The molecule has 0 bridgehead atoms. The summed E-state index contributed by atoms with van der Waals surface area (Å²) in [6, 6.07) is 9.97. The van der Waals surface area contributed by atoms with Crippen LogP contribution >= 0.6 is 24.0 Å². The van der Waals surface area contributed by atoms with Crippen LogP contribution in [-0.2, 0) is 6.42 Å². The van der Waals surface area contributed by atoms with Crippen LogP contribution in [0.1, 0.15) is 26.0 Å². The van der Waals surface area contributed by atoms with Crippen molar-refractivity contribution < 1.29 is 17.6 Å². The molecule has 0 radical (unpaired) electrons. The predicted molar refractivity (Wildman–Crippen MR) is 129 cm³/mol. The van der Waals surface area contributed by atoms with Gasteiger partial charge in [-0.05, 0) is 37.9 Å². The number of para-hydroxylation sites is 1. The number of aliphatic imine (C=N–C) groups is 1. The summed E-state index contributed by atoms with van der Waals surface area (Å²) in [5.41, 5.74) is 0.880. The molecule has 2 heterocycles. The van der Waals surface area contributed by atoms with Gasteiger partial charge in [0.15, 0.2) is 5.96 Å². The van der Waals surface area contributed by atoms with Crippen LogP contribution in [0.5, 0.6) is 0 Å². The first kappa shape index (κ1) is 25.8. The van der Waals surface area contributed by atoms with Gasteiger partial charge in [0, 0.05) is 44.5 Å². The third kappa shape index (κ3) is 7.85. The van der Waals surface area contributed by atoms with Gasteiger partial charge >= 0.3 is 6.18 Å². The van der Waals surface area contributed by atoms with Gasteiger partial charge < -0.3 is 14.6 Å². The normalized spacial score (nSPS) is 17.4. The number of likely N-dealkylation sites (tertiary alicyclic amines) is 1. The Morgan fingerprint density at radius 1 is 1.29 bits per heavy atom. The highest BCUT2D eigenvalue weighted by Gasteiger charge is 2.33. The Bertz CT molecular complexity index is 807. The Morgan fingerprint density at radius 3 is 2.74 bits per heavy atom. The van der Waals surface area contributed by atoms with Crippen molar-refractivity contribution in [3.63, 3.8) is 0 Å². The number of guanidine groups is 1. The van der Waals surface area contributed by atoms with Gasteiger partial charge in [0.25, 0.3) is 0 Å².